The molecule has 0 radical (unpaired) electrons. The zero-order valence-corrected chi connectivity index (χ0v) is 16.1. The standard InChI is InChI=1S/C19H19BrN2O4/c1-19(13-3-7-15(25-2)8-4-13)17(23)22(18(24)21-19)11-12-26-16-9-5-14(20)6-10-16/h3-10H,11-12H2,1-2H3,(H,21,24)/t19-/m1/s1. The second kappa shape index (κ2) is 7.37. The predicted octanol–water partition coefficient (Wildman–Crippen LogP) is 3.30. The van der Waals surface area contributed by atoms with Gasteiger partial charge in [0.1, 0.15) is 23.6 Å². The van der Waals surface area contributed by atoms with Crippen LogP contribution in [0.25, 0.3) is 0 Å². The third-order valence-corrected chi connectivity index (χ3v) is 4.87. The van der Waals surface area contributed by atoms with Crippen molar-refractivity contribution in [3.63, 3.8) is 0 Å². The molecule has 136 valence electrons. The van der Waals surface area contributed by atoms with E-state index in [0.29, 0.717) is 17.1 Å². The van der Waals surface area contributed by atoms with Crippen molar-refractivity contribution in [3.05, 3.63) is 58.6 Å². The fraction of sp³-hybridized carbons (Fsp3) is 0.263. The van der Waals surface area contributed by atoms with Crippen LogP contribution in [0.1, 0.15) is 12.5 Å². The lowest BCUT2D eigenvalue weighted by molar-refractivity contribution is -0.131. The van der Waals surface area contributed by atoms with Gasteiger partial charge in [0, 0.05) is 4.47 Å². The van der Waals surface area contributed by atoms with Crippen LogP contribution in [0.5, 0.6) is 11.5 Å². The van der Waals surface area contributed by atoms with Gasteiger partial charge >= 0.3 is 6.03 Å². The molecular formula is C19H19BrN2O4. The number of benzene rings is 2. The van der Waals surface area contributed by atoms with Crippen LogP contribution in [0.4, 0.5) is 4.79 Å². The summed E-state index contributed by atoms with van der Waals surface area (Å²) in [5.41, 5.74) is -0.394. The molecule has 2 aromatic carbocycles. The first kappa shape index (κ1) is 18.3. The van der Waals surface area contributed by atoms with E-state index in [-0.39, 0.29) is 19.1 Å². The minimum absolute atomic E-state index is 0.173. The summed E-state index contributed by atoms with van der Waals surface area (Å²) in [5, 5.41) is 2.77. The first-order valence-electron chi connectivity index (χ1n) is 8.11. The summed E-state index contributed by atoms with van der Waals surface area (Å²) in [7, 11) is 1.58. The molecule has 1 heterocycles. The molecule has 1 N–H and O–H groups in total. The highest BCUT2D eigenvalue weighted by Crippen LogP contribution is 2.30. The van der Waals surface area contributed by atoms with Crippen LogP contribution in [0.15, 0.2) is 53.0 Å². The SMILES string of the molecule is COc1ccc([C@@]2(C)NC(=O)N(CCOc3ccc(Br)cc3)C2=O)cc1. The number of methoxy groups -OCH3 is 1. The summed E-state index contributed by atoms with van der Waals surface area (Å²) >= 11 is 3.36. The summed E-state index contributed by atoms with van der Waals surface area (Å²) in [6.45, 7) is 2.09. The molecule has 0 spiro atoms. The van der Waals surface area contributed by atoms with Crippen molar-refractivity contribution in [1.29, 1.82) is 0 Å². The fourth-order valence-corrected chi connectivity index (χ4v) is 3.07. The Morgan fingerprint density at radius 2 is 1.65 bits per heavy atom. The van der Waals surface area contributed by atoms with Crippen molar-refractivity contribution in [1.82, 2.24) is 10.2 Å². The number of carbonyl (C=O) groups excluding carboxylic acids is 2. The minimum atomic E-state index is -1.10. The highest BCUT2D eigenvalue weighted by atomic mass is 79.9. The molecule has 0 bridgehead atoms. The van der Waals surface area contributed by atoms with Crippen molar-refractivity contribution in [2.24, 2.45) is 0 Å². The molecule has 2 aromatic rings. The molecule has 1 fully saturated rings. The Bertz CT molecular complexity index is 807. The third-order valence-electron chi connectivity index (χ3n) is 4.34. The largest absolute Gasteiger partial charge is 0.497 e. The summed E-state index contributed by atoms with van der Waals surface area (Å²) in [6, 6.07) is 14.0. The molecule has 6 nitrogen and oxygen atoms in total. The lowest BCUT2D eigenvalue weighted by Gasteiger charge is -2.22. The third kappa shape index (κ3) is 3.53. The topological polar surface area (TPSA) is 67.9 Å². The Labute approximate surface area is 160 Å². The highest BCUT2D eigenvalue weighted by Gasteiger charge is 2.48. The van der Waals surface area contributed by atoms with Crippen molar-refractivity contribution in [3.8, 4) is 11.5 Å². The van der Waals surface area contributed by atoms with Crippen LogP contribution in [0, 0.1) is 0 Å². The zero-order valence-electron chi connectivity index (χ0n) is 14.5. The quantitative estimate of drug-likeness (QED) is 0.730. The van der Waals surface area contributed by atoms with Gasteiger partial charge in [-0.05, 0) is 48.9 Å². The summed E-state index contributed by atoms with van der Waals surface area (Å²) < 4.78 is 11.7. The normalized spacial score (nSPS) is 19.4. The maximum absolute atomic E-state index is 12.8. The first-order valence-corrected chi connectivity index (χ1v) is 8.90. The first-order chi connectivity index (χ1) is 12.4. The Morgan fingerprint density at radius 3 is 2.27 bits per heavy atom. The monoisotopic (exact) mass is 418 g/mol. The highest BCUT2D eigenvalue weighted by molar-refractivity contribution is 9.10. The Morgan fingerprint density at radius 1 is 1.04 bits per heavy atom. The average Bonchev–Trinajstić information content (AvgIpc) is 2.87. The Hall–Kier alpha value is -2.54. The van der Waals surface area contributed by atoms with E-state index in [0.717, 1.165) is 4.47 Å². The van der Waals surface area contributed by atoms with E-state index < -0.39 is 11.6 Å². The van der Waals surface area contributed by atoms with E-state index in [9.17, 15) is 9.59 Å². The van der Waals surface area contributed by atoms with E-state index in [4.69, 9.17) is 9.47 Å². The average molecular weight is 419 g/mol. The second-order valence-corrected chi connectivity index (χ2v) is 6.96. The van der Waals surface area contributed by atoms with Gasteiger partial charge in [-0.2, -0.15) is 0 Å². The zero-order chi connectivity index (χ0) is 18.7. The van der Waals surface area contributed by atoms with Crippen LogP contribution in [-0.4, -0.2) is 37.1 Å². The van der Waals surface area contributed by atoms with Gasteiger partial charge in [0.2, 0.25) is 0 Å². The molecular weight excluding hydrogens is 400 g/mol. The molecule has 3 rings (SSSR count). The van der Waals surface area contributed by atoms with E-state index in [1.807, 2.05) is 24.3 Å². The number of hydrogen-bond acceptors (Lipinski definition) is 4. The van der Waals surface area contributed by atoms with E-state index in [1.54, 1.807) is 38.3 Å². The number of imide groups is 1. The predicted molar refractivity (Wildman–Crippen MR) is 100 cm³/mol. The molecule has 1 atom stereocenters. The number of nitrogens with zero attached hydrogens (tertiary/aromatic N) is 1. The van der Waals surface area contributed by atoms with Gasteiger partial charge in [-0.1, -0.05) is 28.1 Å². The summed E-state index contributed by atoms with van der Waals surface area (Å²) in [6.07, 6.45) is 0. The van der Waals surface area contributed by atoms with Crippen LogP contribution < -0.4 is 14.8 Å². The lowest BCUT2D eigenvalue weighted by Crippen LogP contribution is -2.41. The molecule has 0 aliphatic carbocycles. The molecule has 7 heteroatoms. The van der Waals surface area contributed by atoms with Crippen LogP contribution in [0.2, 0.25) is 0 Å². The van der Waals surface area contributed by atoms with Crippen LogP contribution in [-0.2, 0) is 10.3 Å². The fourth-order valence-electron chi connectivity index (χ4n) is 2.81. The molecule has 1 aliphatic heterocycles. The maximum Gasteiger partial charge on any atom is 0.325 e. The van der Waals surface area contributed by atoms with Gasteiger partial charge in [0.05, 0.1) is 13.7 Å². The Balaban J connectivity index is 1.66. The summed E-state index contributed by atoms with van der Waals surface area (Å²) in [5.74, 6) is 1.07. The van der Waals surface area contributed by atoms with Gasteiger partial charge in [-0.25, -0.2) is 4.79 Å². The molecule has 0 unspecified atom stereocenters. The van der Waals surface area contributed by atoms with Crippen LogP contribution >= 0.6 is 15.9 Å². The lowest BCUT2D eigenvalue weighted by atomic mass is 9.92. The van der Waals surface area contributed by atoms with E-state index in [1.165, 1.54) is 4.90 Å². The van der Waals surface area contributed by atoms with Gasteiger partial charge in [0.25, 0.3) is 5.91 Å². The number of nitrogens with one attached hydrogen (secondary N) is 1. The molecule has 3 amide bonds. The van der Waals surface area contributed by atoms with Crippen molar-refractivity contribution in [2.45, 2.75) is 12.5 Å². The molecule has 0 aromatic heterocycles. The number of hydrogen-bond donors (Lipinski definition) is 1. The number of urea groups is 1. The van der Waals surface area contributed by atoms with Crippen molar-refractivity contribution >= 4 is 27.9 Å². The second-order valence-electron chi connectivity index (χ2n) is 6.04. The van der Waals surface area contributed by atoms with Gasteiger partial charge < -0.3 is 14.8 Å². The van der Waals surface area contributed by atoms with Crippen LogP contribution in [0.3, 0.4) is 0 Å². The molecule has 1 aliphatic rings. The molecule has 1 saturated heterocycles. The Kier molecular flexibility index (Phi) is 5.18. The number of carbonyl (C=O) groups is 2. The van der Waals surface area contributed by atoms with Gasteiger partial charge in [0.15, 0.2) is 0 Å². The van der Waals surface area contributed by atoms with Crippen molar-refractivity contribution in [2.75, 3.05) is 20.3 Å². The molecule has 26 heavy (non-hydrogen) atoms. The van der Waals surface area contributed by atoms with Gasteiger partial charge in [-0.15, -0.1) is 0 Å². The van der Waals surface area contributed by atoms with Crippen molar-refractivity contribution < 1.29 is 19.1 Å². The number of ether oxygens (including phenoxy) is 2. The van der Waals surface area contributed by atoms with E-state index in [2.05, 4.69) is 21.2 Å². The van der Waals surface area contributed by atoms with Gasteiger partial charge in [-0.3, -0.25) is 9.69 Å². The molecule has 0 saturated carbocycles. The number of amides is 3. The van der Waals surface area contributed by atoms with E-state index >= 15 is 0 Å². The number of halogens is 1. The maximum atomic E-state index is 12.8. The minimum Gasteiger partial charge on any atom is -0.497 e. The number of rotatable bonds is 6. The smallest absolute Gasteiger partial charge is 0.325 e. The summed E-state index contributed by atoms with van der Waals surface area (Å²) in [4.78, 5) is 26.3.